The zero-order valence-electron chi connectivity index (χ0n) is 11.5. The molecule has 1 aromatic heterocycles. The monoisotopic (exact) mass is 258 g/mol. The fraction of sp³-hybridized carbons (Fsp3) is 0.429. The van der Waals surface area contributed by atoms with Crippen LogP contribution in [0.2, 0.25) is 0 Å². The normalized spacial score (nSPS) is 18.2. The summed E-state index contributed by atoms with van der Waals surface area (Å²) in [7, 11) is 1.69. The molecule has 100 valence electrons. The number of fused-ring (bicyclic) bond motifs is 1. The number of benzene rings is 1. The minimum Gasteiger partial charge on any atom is -0.496 e. The molecule has 5 heteroatoms. The maximum atomic E-state index is 5.38. The highest BCUT2D eigenvalue weighted by Crippen LogP contribution is 2.28. The predicted molar refractivity (Wildman–Crippen MR) is 73.2 cm³/mol. The predicted octanol–water partition coefficient (Wildman–Crippen LogP) is 1.93. The van der Waals surface area contributed by atoms with Gasteiger partial charge in [-0.3, -0.25) is 0 Å². The lowest BCUT2D eigenvalue weighted by Crippen LogP contribution is -2.32. The lowest BCUT2D eigenvalue weighted by molar-refractivity contribution is 0.411. The molecule has 1 aromatic carbocycles. The quantitative estimate of drug-likeness (QED) is 0.894. The minimum absolute atomic E-state index is 0.252. The third-order valence-corrected chi connectivity index (χ3v) is 3.62. The number of aromatic nitrogens is 3. The van der Waals surface area contributed by atoms with Gasteiger partial charge in [-0.15, -0.1) is 10.2 Å². The number of rotatable bonds is 2. The molecule has 0 saturated carbocycles. The van der Waals surface area contributed by atoms with Crippen molar-refractivity contribution in [1.29, 1.82) is 0 Å². The van der Waals surface area contributed by atoms with E-state index in [0.29, 0.717) is 0 Å². The van der Waals surface area contributed by atoms with Gasteiger partial charge in [0.15, 0.2) is 5.82 Å². The van der Waals surface area contributed by atoms with Crippen LogP contribution in [0.1, 0.15) is 24.4 Å². The summed E-state index contributed by atoms with van der Waals surface area (Å²) in [6.07, 6.45) is 0. The van der Waals surface area contributed by atoms with Crippen molar-refractivity contribution in [3.63, 3.8) is 0 Å². The lowest BCUT2D eigenvalue weighted by Gasteiger charge is -2.22. The first-order valence-corrected chi connectivity index (χ1v) is 6.52. The molecule has 0 spiro atoms. The van der Waals surface area contributed by atoms with Gasteiger partial charge in [0.25, 0.3) is 0 Å². The number of ether oxygens (including phenoxy) is 1. The molecule has 2 heterocycles. The van der Waals surface area contributed by atoms with Crippen LogP contribution in [0.3, 0.4) is 0 Å². The van der Waals surface area contributed by atoms with E-state index < -0.39 is 0 Å². The Balaban J connectivity index is 2.08. The molecular formula is C14H18N4O. The third kappa shape index (κ3) is 2.00. The van der Waals surface area contributed by atoms with Crippen LogP contribution in [0.4, 0.5) is 0 Å². The van der Waals surface area contributed by atoms with Crippen LogP contribution in [-0.2, 0) is 6.54 Å². The SMILES string of the molecule is COc1cc(-c2nnc3n2CCNC3C)ccc1C. The van der Waals surface area contributed by atoms with Gasteiger partial charge >= 0.3 is 0 Å². The Hall–Kier alpha value is -1.88. The van der Waals surface area contributed by atoms with Crippen LogP contribution in [0.25, 0.3) is 11.4 Å². The zero-order valence-corrected chi connectivity index (χ0v) is 11.5. The zero-order chi connectivity index (χ0) is 13.4. The molecule has 0 saturated heterocycles. The molecule has 19 heavy (non-hydrogen) atoms. The standard InChI is InChI=1S/C14H18N4O/c1-9-4-5-11(8-12(9)19-3)14-17-16-13-10(2)15-6-7-18(13)14/h4-5,8,10,15H,6-7H2,1-3H3. The van der Waals surface area contributed by atoms with E-state index >= 15 is 0 Å². The van der Waals surface area contributed by atoms with Gasteiger partial charge in [-0.05, 0) is 25.5 Å². The van der Waals surface area contributed by atoms with Crippen molar-refractivity contribution in [2.45, 2.75) is 26.4 Å². The maximum Gasteiger partial charge on any atom is 0.164 e. The lowest BCUT2D eigenvalue weighted by atomic mass is 10.1. The van der Waals surface area contributed by atoms with E-state index in [2.05, 4.69) is 39.1 Å². The molecule has 0 amide bonds. The van der Waals surface area contributed by atoms with Crippen molar-refractivity contribution in [2.24, 2.45) is 0 Å². The molecule has 0 fully saturated rings. The van der Waals surface area contributed by atoms with E-state index in [-0.39, 0.29) is 6.04 Å². The summed E-state index contributed by atoms with van der Waals surface area (Å²) in [6.45, 7) is 5.99. The highest BCUT2D eigenvalue weighted by Gasteiger charge is 2.22. The number of methoxy groups -OCH3 is 1. The van der Waals surface area contributed by atoms with Crippen molar-refractivity contribution in [1.82, 2.24) is 20.1 Å². The summed E-state index contributed by atoms with van der Waals surface area (Å²) < 4.78 is 7.56. The molecular weight excluding hydrogens is 240 g/mol. The Morgan fingerprint density at radius 1 is 1.37 bits per heavy atom. The molecule has 2 aromatic rings. The fourth-order valence-corrected chi connectivity index (χ4v) is 2.51. The molecule has 0 bridgehead atoms. The van der Waals surface area contributed by atoms with Gasteiger partial charge in [-0.25, -0.2) is 0 Å². The number of hydrogen-bond acceptors (Lipinski definition) is 4. The average Bonchev–Trinajstić information content (AvgIpc) is 2.85. The molecule has 1 N–H and O–H groups in total. The van der Waals surface area contributed by atoms with Crippen LogP contribution in [0.5, 0.6) is 5.75 Å². The summed E-state index contributed by atoms with van der Waals surface area (Å²) in [5.74, 6) is 2.80. The number of nitrogens with one attached hydrogen (secondary N) is 1. The van der Waals surface area contributed by atoms with E-state index in [9.17, 15) is 0 Å². The summed E-state index contributed by atoms with van der Waals surface area (Å²) in [5.41, 5.74) is 2.18. The molecule has 1 aliphatic rings. The Labute approximate surface area is 112 Å². The molecule has 5 nitrogen and oxygen atoms in total. The Bertz CT molecular complexity index is 605. The van der Waals surface area contributed by atoms with E-state index in [0.717, 1.165) is 41.6 Å². The van der Waals surface area contributed by atoms with Gasteiger partial charge in [0.05, 0.1) is 13.2 Å². The van der Waals surface area contributed by atoms with Gasteiger partial charge in [-0.2, -0.15) is 0 Å². The van der Waals surface area contributed by atoms with Gasteiger partial charge in [0.2, 0.25) is 0 Å². The molecule has 1 aliphatic heterocycles. The second kappa shape index (κ2) is 4.66. The van der Waals surface area contributed by atoms with Crippen LogP contribution < -0.4 is 10.1 Å². The van der Waals surface area contributed by atoms with Gasteiger partial charge in [0.1, 0.15) is 11.6 Å². The van der Waals surface area contributed by atoms with Crippen LogP contribution in [-0.4, -0.2) is 28.4 Å². The summed E-state index contributed by atoms with van der Waals surface area (Å²) in [6, 6.07) is 6.41. The van der Waals surface area contributed by atoms with Crippen molar-refractivity contribution in [2.75, 3.05) is 13.7 Å². The minimum atomic E-state index is 0.252. The highest BCUT2D eigenvalue weighted by atomic mass is 16.5. The van der Waals surface area contributed by atoms with Gasteiger partial charge in [-0.1, -0.05) is 12.1 Å². The number of hydrogen-bond donors (Lipinski definition) is 1. The summed E-state index contributed by atoms with van der Waals surface area (Å²) >= 11 is 0. The van der Waals surface area contributed by atoms with Crippen molar-refractivity contribution in [3.05, 3.63) is 29.6 Å². The Morgan fingerprint density at radius 3 is 3.00 bits per heavy atom. The third-order valence-electron chi connectivity index (χ3n) is 3.62. The first kappa shape index (κ1) is 12.2. The van der Waals surface area contributed by atoms with E-state index in [4.69, 9.17) is 4.74 Å². The van der Waals surface area contributed by atoms with Crippen LogP contribution in [0.15, 0.2) is 18.2 Å². The van der Waals surface area contributed by atoms with E-state index in [1.165, 1.54) is 0 Å². The fourth-order valence-electron chi connectivity index (χ4n) is 2.51. The first-order chi connectivity index (χ1) is 9.20. The second-order valence-electron chi connectivity index (χ2n) is 4.89. The smallest absolute Gasteiger partial charge is 0.164 e. The largest absolute Gasteiger partial charge is 0.496 e. The summed E-state index contributed by atoms with van der Waals surface area (Å²) in [4.78, 5) is 0. The van der Waals surface area contributed by atoms with E-state index in [1.807, 2.05) is 13.0 Å². The van der Waals surface area contributed by atoms with Crippen molar-refractivity contribution < 1.29 is 4.74 Å². The maximum absolute atomic E-state index is 5.38. The van der Waals surface area contributed by atoms with Crippen molar-refractivity contribution in [3.8, 4) is 17.1 Å². The van der Waals surface area contributed by atoms with Gasteiger partial charge in [0, 0.05) is 18.7 Å². The molecule has 0 aliphatic carbocycles. The summed E-state index contributed by atoms with van der Waals surface area (Å²) in [5, 5.41) is 12.0. The number of nitrogens with zero attached hydrogens (tertiary/aromatic N) is 3. The van der Waals surface area contributed by atoms with Gasteiger partial charge < -0.3 is 14.6 Å². The average molecular weight is 258 g/mol. The molecule has 3 rings (SSSR count). The molecule has 0 radical (unpaired) electrons. The Kier molecular flexibility index (Phi) is 2.98. The highest BCUT2D eigenvalue weighted by molar-refractivity contribution is 5.59. The van der Waals surface area contributed by atoms with Crippen molar-refractivity contribution >= 4 is 0 Å². The molecule has 1 atom stereocenters. The second-order valence-corrected chi connectivity index (χ2v) is 4.89. The number of aryl methyl sites for hydroxylation is 1. The van der Waals surface area contributed by atoms with Crippen LogP contribution >= 0.6 is 0 Å². The Morgan fingerprint density at radius 2 is 2.21 bits per heavy atom. The topological polar surface area (TPSA) is 52.0 Å². The molecule has 1 unspecified atom stereocenters. The first-order valence-electron chi connectivity index (χ1n) is 6.52. The van der Waals surface area contributed by atoms with E-state index in [1.54, 1.807) is 7.11 Å². The van der Waals surface area contributed by atoms with Crippen LogP contribution in [0, 0.1) is 6.92 Å².